The molecule has 1 aromatic carbocycles. The summed E-state index contributed by atoms with van der Waals surface area (Å²) in [5.41, 5.74) is 3.75. The molecule has 1 amide bonds. The Kier molecular flexibility index (Phi) is 4.50. The first-order valence-electron chi connectivity index (χ1n) is 10.2. The van der Waals surface area contributed by atoms with Crippen LogP contribution in [-0.2, 0) is 6.54 Å². The molecule has 1 saturated carbocycles. The van der Waals surface area contributed by atoms with Gasteiger partial charge in [0.1, 0.15) is 0 Å². The Morgan fingerprint density at radius 3 is 2.86 bits per heavy atom. The van der Waals surface area contributed by atoms with Crippen LogP contribution in [0.25, 0.3) is 16.6 Å². The van der Waals surface area contributed by atoms with Gasteiger partial charge in [-0.25, -0.2) is 0 Å². The number of nitrogens with zero attached hydrogens (tertiary/aromatic N) is 5. The van der Waals surface area contributed by atoms with Gasteiger partial charge in [-0.05, 0) is 60.0 Å². The number of carbonyl (C=O) groups is 1. The van der Waals surface area contributed by atoms with Crippen molar-refractivity contribution in [3.05, 3.63) is 59.5 Å². The molecule has 0 N–H and O–H groups in total. The van der Waals surface area contributed by atoms with Gasteiger partial charge >= 0.3 is 0 Å². The van der Waals surface area contributed by atoms with Crippen molar-refractivity contribution in [2.75, 3.05) is 0 Å². The van der Waals surface area contributed by atoms with Crippen LogP contribution in [0.2, 0.25) is 0 Å². The van der Waals surface area contributed by atoms with Crippen LogP contribution in [0.3, 0.4) is 0 Å². The fourth-order valence-electron chi connectivity index (χ4n) is 4.36. The summed E-state index contributed by atoms with van der Waals surface area (Å²) in [5, 5.41) is 13.4. The molecule has 3 aromatic heterocycles. The molecule has 0 atom stereocenters. The Balaban J connectivity index is 1.58. The summed E-state index contributed by atoms with van der Waals surface area (Å²) in [7, 11) is 0. The summed E-state index contributed by atoms with van der Waals surface area (Å²) in [6.07, 6.45) is 7.09. The van der Waals surface area contributed by atoms with Crippen LogP contribution in [0.4, 0.5) is 0 Å². The third kappa shape index (κ3) is 3.26. The second kappa shape index (κ2) is 7.31. The van der Waals surface area contributed by atoms with Crippen molar-refractivity contribution in [3.8, 4) is 0 Å². The smallest absolute Gasteiger partial charge is 0.290 e. The molecular weight excluding hydrogens is 366 g/mol. The maximum atomic E-state index is 13.3. The molecule has 7 heteroatoms. The highest BCUT2D eigenvalue weighted by Gasteiger charge is 2.29. The third-order valence-corrected chi connectivity index (χ3v) is 5.85. The highest BCUT2D eigenvalue weighted by molar-refractivity contribution is 5.92. The summed E-state index contributed by atoms with van der Waals surface area (Å²) in [6, 6.07) is 12.0. The van der Waals surface area contributed by atoms with Gasteiger partial charge in [-0.15, -0.1) is 5.10 Å². The number of tetrazole rings is 1. The van der Waals surface area contributed by atoms with Crippen molar-refractivity contribution >= 4 is 22.5 Å². The van der Waals surface area contributed by atoms with Gasteiger partial charge in [0, 0.05) is 17.0 Å². The lowest BCUT2D eigenvalue weighted by atomic mass is 9.93. The van der Waals surface area contributed by atoms with E-state index >= 15 is 0 Å². The van der Waals surface area contributed by atoms with Gasteiger partial charge in [-0.2, -0.15) is 4.52 Å². The fraction of sp³-hybridized carbons (Fsp3) is 0.364. The quantitative estimate of drug-likeness (QED) is 0.524. The predicted octanol–water partition coefficient (Wildman–Crippen LogP) is 4.15. The number of amides is 1. The average molecular weight is 389 g/mol. The van der Waals surface area contributed by atoms with Crippen LogP contribution in [0.1, 0.15) is 53.8 Å². The van der Waals surface area contributed by atoms with E-state index in [9.17, 15) is 4.79 Å². The van der Waals surface area contributed by atoms with Gasteiger partial charge in [-0.3, -0.25) is 4.79 Å². The van der Waals surface area contributed by atoms with Crippen LogP contribution in [0.15, 0.2) is 47.1 Å². The standard InChI is InChI=1S/C22H23N5O2/c1-15-9-10-16-13-17(21-23-24-25-27(21)19(16)12-15)14-26(18-6-3-2-4-7-18)22(28)20-8-5-11-29-20/h5,8-13,18H,2-4,6-7,14H2,1H3. The number of carbonyl (C=O) groups excluding carboxylic acids is 1. The zero-order valence-electron chi connectivity index (χ0n) is 16.4. The first-order chi connectivity index (χ1) is 14.2. The van der Waals surface area contributed by atoms with Gasteiger partial charge in [0.2, 0.25) is 0 Å². The molecule has 29 heavy (non-hydrogen) atoms. The molecule has 4 aromatic rings. The number of benzene rings is 1. The number of aromatic nitrogens is 4. The molecule has 148 valence electrons. The Morgan fingerprint density at radius 2 is 2.07 bits per heavy atom. The van der Waals surface area contributed by atoms with Crippen molar-refractivity contribution in [2.45, 2.75) is 51.6 Å². The largest absolute Gasteiger partial charge is 0.459 e. The second-order valence-corrected chi connectivity index (χ2v) is 7.85. The Morgan fingerprint density at radius 1 is 1.21 bits per heavy atom. The summed E-state index contributed by atoms with van der Waals surface area (Å²) in [5.74, 6) is 0.305. The highest BCUT2D eigenvalue weighted by atomic mass is 16.3. The van der Waals surface area contributed by atoms with Crippen molar-refractivity contribution in [2.24, 2.45) is 0 Å². The van der Waals surface area contributed by atoms with E-state index in [0.29, 0.717) is 18.0 Å². The van der Waals surface area contributed by atoms with Gasteiger partial charge < -0.3 is 9.32 Å². The maximum absolute atomic E-state index is 13.3. The summed E-state index contributed by atoms with van der Waals surface area (Å²) < 4.78 is 7.20. The van der Waals surface area contributed by atoms with Gasteiger partial charge in [-0.1, -0.05) is 31.4 Å². The molecule has 1 fully saturated rings. The molecule has 7 nitrogen and oxygen atoms in total. The van der Waals surface area contributed by atoms with E-state index in [0.717, 1.165) is 47.7 Å². The molecule has 3 heterocycles. The van der Waals surface area contributed by atoms with Crippen LogP contribution >= 0.6 is 0 Å². The topological polar surface area (TPSA) is 76.5 Å². The van der Waals surface area contributed by atoms with E-state index in [-0.39, 0.29) is 11.9 Å². The van der Waals surface area contributed by atoms with Gasteiger partial charge in [0.25, 0.3) is 5.91 Å². The van der Waals surface area contributed by atoms with Crippen LogP contribution in [-0.4, -0.2) is 36.9 Å². The Hall–Kier alpha value is -3.22. The van der Waals surface area contributed by atoms with Gasteiger partial charge in [0.15, 0.2) is 11.4 Å². The lowest BCUT2D eigenvalue weighted by Gasteiger charge is -2.34. The molecule has 0 spiro atoms. The summed E-state index contributed by atoms with van der Waals surface area (Å²) >= 11 is 0. The molecule has 1 aliphatic rings. The summed E-state index contributed by atoms with van der Waals surface area (Å²) in [4.78, 5) is 15.2. The third-order valence-electron chi connectivity index (χ3n) is 5.85. The van der Waals surface area contributed by atoms with Crippen molar-refractivity contribution < 1.29 is 9.21 Å². The number of rotatable bonds is 4. The van der Waals surface area contributed by atoms with E-state index in [2.05, 4.69) is 46.7 Å². The molecule has 0 unspecified atom stereocenters. The molecular formula is C22H23N5O2. The average Bonchev–Trinajstić information content (AvgIpc) is 3.45. The number of aryl methyl sites for hydroxylation is 1. The first kappa shape index (κ1) is 17.8. The summed E-state index contributed by atoms with van der Waals surface area (Å²) in [6.45, 7) is 2.51. The SMILES string of the molecule is Cc1ccc2cc(CN(C(=O)c3ccco3)C3CCCCC3)c3nnnn3c2c1. The van der Waals surface area contributed by atoms with Gasteiger partial charge in [0.05, 0.1) is 18.3 Å². The molecule has 1 aliphatic carbocycles. The molecule has 5 rings (SSSR count). The zero-order chi connectivity index (χ0) is 19.8. The van der Waals surface area contributed by atoms with Crippen LogP contribution in [0, 0.1) is 6.92 Å². The van der Waals surface area contributed by atoms with E-state index in [1.165, 1.54) is 6.42 Å². The first-order valence-corrected chi connectivity index (χ1v) is 10.2. The Labute approximate surface area is 168 Å². The minimum absolute atomic E-state index is 0.0727. The molecule has 0 aliphatic heterocycles. The molecule has 0 bridgehead atoms. The number of furan rings is 1. The molecule has 0 saturated heterocycles. The lowest BCUT2D eigenvalue weighted by molar-refractivity contribution is 0.0582. The lowest BCUT2D eigenvalue weighted by Crippen LogP contribution is -2.41. The number of pyridine rings is 1. The normalized spacial score (nSPS) is 15.2. The highest BCUT2D eigenvalue weighted by Crippen LogP contribution is 2.28. The van der Waals surface area contributed by atoms with Crippen molar-refractivity contribution in [3.63, 3.8) is 0 Å². The Bertz CT molecular complexity index is 1160. The van der Waals surface area contributed by atoms with E-state index in [4.69, 9.17) is 4.42 Å². The number of fused-ring (bicyclic) bond motifs is 3. The van der Waals surface area contributed by atoms with Crippen molar-refractivity contribution in [1.29, 1.82) is 0 Å². The predicted molar refractivity (Wildman–Crippen MR) is 108 cm³/mol. The van der Waals surface area contributed by atoms with E-state index < -0.39 is 0 Å². The van der Waals surface area contributed by atoms with Crippen LogP contribution < -0.4 is 0 Å². The minimum Gasteiger partial charge on any atom is -0.459 e. The second-order valence-electron chi connectivity index (χ2n) is 7.85. The van der Waals surface area contributed by atoms with E-state index in [1.54, 1.807) is 22.9 Å². The van der Waals surface area contributed by atoms with E-state index in [1.807, 2.05) is 4.90 Å². The monoisotopic (exact) mass is 389 g/mol. The van der Waals surface area contributed by atoms with Crippen molar-refractivity contribution in [1.82, 2.24) is 24.9 Å². The molecule has 0 radical (unpaired) electrons. The number of hydrogen-bond donors (Lipinski definition) is 0. The minimum atomic E-state index is -0.0727. The number of hydrogen-bond acceptors (Lipinski definition) is 5. The zero-order valence-corrected chi connectivity index (χ0v) is 16.4. The maximum Gasteiger partial charge on any atom is 0.290 e. The van der Waals surface area contributed by atoms with Crippen LogP contribution in [0.5, 0.6) is 0 Å². The fourth-order valence-corrected chi connectivity index (χ4v) is 4.36.